The van der Waals surface area contributed by atoms with Crippen LogP contribution in [0.5, 0.6) is 0 Å². The van der Waals surface area contributed by atoms with Gasteiger partial charge in [-0.15, -0.1) is 0 Å². The molecule has 0 amide bonds. The molecule has 72 valence electrons. The van der Waals surface area contributed by atoms with Gasteiger partial charge in [-0.3, -0.25) is 9.36 Å². The van der Waals surface area contributed by atoms with Gasteiger partial charge >= 0.3 is 11.7 Å². The fourth-order valence-corrected chi connectivity index (χ4v) is 1.19. The third kappa shape index (κ3) is 2.77. The fourth-order valence-electron chi connectivity index (χ4n) is 1.19. The number of nitrogens with zero attached hydrogens (tertiary/aromatic N) is 1. The Morgan fingerprint density at radius 3 is 2.92 bits per heavy atom. The first-order valence-electron chi connectivity index (χ1n) is 4.05. The first-order chi connectivity index (χ1) is 6.09. The van der Waals surface area contributed by atoms with Crippen LogP contribution in [0, 0.1) is 5.92 Å². The van der Waals surface area contributed by atoms with Crippen LogP contribution >= 0.6 is 0 Å². The number of imidazole rings is 1. The van der Waals surface area contributed by atoms with Crippen LogP contribution in [0.2, 0.25) is 0 Å². The predicted octanol–water partition coefficient (Wildman–Crippen LogP) is 0.287. The van der Waals surface area contributed by atoms with E-state index < -0.39 is 5.97 Å². The largest absolute Gasteiger partial charge is 0.481 e. The van der Waals surface area contributed by atoms with E-state index in [-0.39, 0.29) is 18.0 Å². The number of hydrogen-bond donors (Lipinski definition) is 2. The molecule has 5 nitrogen and oxygen atoms in total. The summed E-state index contributed by atoms with van der Waals surface area (Å²) in [6.07, 6.45) is 3.23. The molecule has 1 heterocycles. The van der Waals surface area contributed by atoms with Crippen molar-refractivity contribution in [3.63, 3.8) is 0 Å². The van der Waals surface area contributed by atoms with E-state index in [9.17, 15) is 9.59 Å². The topological polar surface area (TPSA) is 75.1 Å². The molecule has 0 spiro atoms. The van der Waals surface area contributed by atoms with Gasteiger partial charge in [-0.05, 0) is 5.92 Å². The van der Waals surface area contributed by atoms with Crippen LogP contribution < -0.4 is 5.69 Å². The molecule has 1 atom stereocenters. The SMILES string of the molecule is CC(CC(=O)O)Cn1cc[nH]c1=O. The van der Waals surface area contributed by atoms with Crippen LogP contribution in [0.1, 0.15) is 13.3 Å². The normalized spacial score (nSPS) is 12.7. The Labute approximate surface area is 75.0 Å². The first kappa shape index (κ1) is 9.57. The molecule has 1 aromatic rings. The summed E-state index contributed by atoms with van der Waals surface area (Å²) in [6, 6.07) is 0. The predicted molar refractivity (Wildman–Crippen MR) is 46.5 cm³/mol. The second-order valence-electron chi connectivity index (χ2n) is 3.12. The third-order valence-corrected chi connectivity index (χ3v) is 1.75. The van der Waals surface area contributed by atoms with E-state index in [4.69, 9.17) is 5.11 Å². The zero-order chi connectivity index (χ0) is 9.84. The van der Waals surface area contributed by atoms with E-state index in [1.54, 1.807) is 13.1 Å². The molecular formula is C8H12N2O3. The molecule has 0 aliphatic rings. The van der Waals surface area contributed by atoms with Crippen LogP contribution in [0.15, 0.2) is 17.2 Å². The van der Waals surface area contributed by atoms with Crippen molar-refractivity contribution in [3.8, 4) is 0 Å². The highest BCUT2D eigenvalue weighted by molar-refractivity contribution is 5.66. The van der Waals surface area contributed by atoms with E-state index in [2.05, 4.69) is 4.98 Å². The maximum atomic E-state index is 11.0. The smallest absolute Gasteiger partial charge is 0.325 e. The van der Waals surface area contributed by atoms with E-state index in [1.807, 2.05) is 0 Å². The maximum absolute atomic E-state index is 11.0. The number of aromatic nitrogens is 2. The average molecular weight is 184 g/mol. The number of hydrogen-bond acceptors (Lipinski definition) is 2. The van der Waals surface area contributed by atoms with Crippen molar-refractivity contribution in [2.75, 3.05) is 0 Å². The van der Waals surface area contributed by atoms with Gasteiger partial charge in [-0.1, -0.05) is 6.92 Å². The van der Waals surface area contributed by atoms with E-state index in [0.29, 0.717) is 6.54 Å². The molecule has 5 heteroatoms. The molecule has 0 bridgehead atoms. The summed E-state index contributed by atoms with van der Waals surface area (Å²) in [5, 5.41) is 8.49. The molecular weight excluding hydrogens is 172 g/mol. The van der Waals surface area contributed by atoms with Crippen molar-refractivity contribution < 1.29 is 9.90 Å². The summed E-state index contributed by atoms with van der Waals surface area (Å²) in [7, 11) is 0. The van der Waals surface area contributed by atoms with E-state index >= 15 is 0 Å². The molecule has 0 radical (unpaired) electrons. The second-order valence-corrected chi connectivity index (χ2v) is 3.12. The van der Waals surface area contributed by atoms with Gasteiger partial charge in [0.05, 0.1) is 0 Å². The molecule has 0 fully saturated rings. The summed E-state index contributed by atoms with van der Waals surface area (Å²) in [4.78, 5) is 23.8. The van der Waals surface area contributed by atoms with Gasteiger partial charge in [0.2, 0.25) is 0 Å². The highest BCUT2D eigenvalue weighted by atomic mass is 16.4. The fraction of sp³-hybridized carbons (Fsp3) is 0.500. The summed E-state index contributed by atoms with van der Waals surface area (Å²) in [5.74, 6) is -0.873. The van der Waals surface area contributed by atoms with Crippen molar-refractivity contribution in [1.29, 1.82) is 0 Å². The van der Waals surface area contributed by atoms with Crippen LogP contribution in [0.3, 0.4) is 0 Å². The molecule has 0 saturated carbocycles. The summed E-state index contributed by atoms with van der Waals surface area (Å²) in [6.45, 7) is 2.24. The van der Waals surface area contributed by atoms with E-state index in [1.165, 1.54) is 10.8 Å². The van der Waals surface area contributed by atoms with Gasteiger partial charge in [0.1, 0.15) is 0 Å². The van der Waals surface area contributed by atoms with Crippen molar-refractivity contribution in [2.45, 2.75) is 19.9 Å². The maximum Gasteiger partial charge on any atom is 0.325 e. The molecule has 0 aliphatic carbocycles. The van der Waals surface area contributed by atoms with E-state index in [0.717, 1.165) is 0 Å². The molecule has 1 rings (SSSR count). The lowest BCUT2D eigenvalue weighted by Gasteiger charge is -2.07. The number of aliphatic carboxylic acids is 1. The molecule has 0 aromatic carbocycles. The average Bonchev–Trinajstić information content (AvgIpc) is 2.34. The Morgan fingerprint density at radius 1 is 1.77 bits per heavy atom. The van der Waals surface area contributed by atoms with Crippen molar-refractivity contribution in [2.24, 2.45) is 5.92 Å². The summed E-state index contributed by atoms with van der Waals surface area (Å²) >= 11 is 0. The van der Waals surface area contributed by atoms with Crippen molar-refractivity contribution >= 4 is 5.97 Å². The monoisotopic (exact) mass is 184 g/mol. The molecule has 1 aromatic heterocycles. The number of carbonyl (C=O) groups is 1. The molecule has 0 saturated heterocycles. The van der Waals surface area contributed by atoms with Gasteiger partial charge in [-0.25, -0.2) is 4.79 Å². The van der Waals surface area contributed by atoms with Crippen molar-refractivity contribution in [3.05, 3.63) is 22.9 Å². The van der Waals surface area contributed by atoms with Gasteiger partial charge < -0.3 is 10.1 Å². The first-order valence-corrected chi connectivity index (χ1v) is 4.05. The Bertz CT molecular complexity index is 339. The number of aromatic amines is 1. The lowest BCUT2D eigenvalue weighted by atomic mass is 10.1. The molecule has 13 heavy (non-hydrogen) atoms. The minimum atomic E-state index is -0.837. The number of rotatable bonds is 4. The number of H-pyrrole nitrogens is 1. The number of carboxylic acids is 1. The van der Waals surface area contributed by atoms with Crippen LogP contribution in [-0.2, 0) is 11.3 Å². The molecule has 2 N–H and O–H groups in total. The Hall–Kier alpha value is -1.52. The van der Waals surface area contributed by atoms with Crippen LogP contribution in [-0.4, -0.2) is 20.6 Å². The molecule has 1 unspecified atom stereocenters. The lowest BCUT2D eigenvalue weighted by Crippen LogP contribution is -2.21. The quantitative estimate of drug-likeness (QED) is 0.706. The van der Waals surface area contributed by atoms with Gasteiger partial charge in [0.15, 0.2) is 0 Å². The van der Waals surface area contributed by atoms with Gasteiger partial charge in [0.25, 0.3) is 0 Å². The standard InChI is InChI=1S/C8H12N2O3/c1-6(4-7(11)12)5-10-3-2-9-8(10)13/h2-3,6H,4-5H2,1H3,(H,9,13)(H,11,12). The summed E-state index contributed by atoms with van der Waals surface area (Å²) < 4.78 is 1.47. The zero-order valence-electron chi connectivity index (χ0n) is 7.36. The van der Waals surface area contributed by atoms with Crippen LogP contribution in [0.4, 0.5) is 0 Å². The zero-order valence-corrected chi connectivity index (χ0v) is 7.36. The minimum Gasteiger partial charge on any atom is -0.481 e. The highest BCUT2D eigenvalue weighted by Gasteiger charge is 2.08. The van der Waals surface area contributed by atoms with Gasteiger partial charge in [0, 0.05) is 25.4 Å². The molecule has 0 aliphatic heterocycles. The Morgan fingerprint density at radius 2 is 2.46 bits per heavy atom. The Balaban J connectivity index is 2.55. The Kier molecular flexibility index (Phi) is 2.89. The minimum absolute atomic E-state index is 0.0361. The number of nitrogens with one attached hydrogen (secondary N) is 1. The summed E-state index contributed by atoms with van der Waals surface area (Å²) in [5.41, 5.74) is -0.197. The van der Waals surface area contributed by atoms with Gasteiger partial charge in [-0.2, -0.15) is 0 Å². The van der Waals surface area contributed by atoms with Crippen molar-refractivity contribution in [1.82, 2.24) is 9.55 Å². The van der Waals surface area contributed by atoms with Crippen LogP contribution in [0.25, 0.3) is 0 Å². The number of carboxylic acid groups (broad SMARTS) is 1. The highest BCUT2D eigenvalue weighted by Crippen LogP contribution is 2.03. The lowest BCUT2D eigenvalue weighted by molar-refractivity contribution is -0.138. The second kappa shape index (κ2) is 3.93. The third-order valence-electron chi connectivity index (χ3n) is 1.75.